The minimum atomic E-state index is -0.173. The number of carbonyl (C=O) groups is 1. The fourth-order valence-electron chi connectivity index (χ4n) is 8.82. The number of methoxy groups -OCH3 is 1. The molecule has 2 spiro atoms. The molecule has 4 nitrogen and oxygen atoms in total. The molecule has 0 N–H and O–H groups in total. The van der Waals surface area contributed by atoms with E-state index in [1.54, 1.807) is 13.0 Å². The maximum atomic E-state index is 13.5. The number of Topliss-reactive ketones (excluding diaryl/α,β-unsaturated/α-hetero) is 1. The summed E-state index contributed by atoms with van der Waals surface area (Å²) in [6.45, 7) is 7.39. The topological polar surface area (TPSA) is 38.8 Å². The van der Waals surface area contributed by atoms with Gasteiger partial charge in [-0.25, -0.2) is 0 Å². The first-order valence-electron chi connectivity index (χ1n) is 11.0. The Kier molecular flexibility index (Phi) is 3.34. The molecule has 1 saturated heterocycles. The first kappa shape index (κ1) is 17.2. The zero-order valence-corrected chi connectivity index (χ0v) is 16.9. The summed E-state index contributed by atoms with van der Waals surface area (Å²) in [7, 11) is 1.72. The molecule has 1 heterocycles. The van der Waals surface area contributed by atoms with Crippen molar-refractivity contribution in [3.63, 3.8) is 0 Å². The van der Waals surface area contributed by atoms with E-state index in [0.29, 0.717) is 30.5 Å². The Bertz CT molecular complexity index is 733. The number of allylic oxidation sites excluding steroid dienone is 1. The second-order valence-electron chi connectivity index (χ2n) is 10.3. The molecule has 0 amide bonds. The Morgan fingerprint density at radius 3 is 2.85 bits per heavy atom. The van der Waals surface area contributed by atoms with Gasteiger partial charge in [-0.3, -0.25) is 9.69 Å². The quantitative estimate of drug-likeness (QED) is 0.562. The second-order valence-corrected chi connectivity index (χ2v) is 10.3. The molecular weight excluding hydrogens is 338 g/mol. The molecule has 147 valence electrons. The summed E-state index contributed by atoms with van der Waals surface area (Å²) in [5.74, 6) is 3.23. The maximum Gasteiger partial charge on any atom is 0.146 e. The molecule has 4 saturated carbocycles. The number of piperidine rings is 1. The fourth-order valence-corrected chi connectivity index (χ4v) is 8.82. The van der Waals surface area contributed by atoms with Crippen LogP contribution in [-0.4, -0.2) is 49.8 Å². The van der Waals surface area contributed by atoms with E-state index in [4.69, 9.17) is 9.47 Å². The van der Waals surface area contributed by atoms with Crippen molar-refractivity contribution in [3.05, 3.63) is 17.6 Å². The summed E-state index contributed by atoms with van der Waals surface area (Å²) in [4.78, 5) is 16.2. The van der Waals surface area contributed by atoms with E-state index in [1.165, 1.54) is 25.0 Å². The van der Waals surface area contributed by atoms with Crippen LogP contribution in [0.3, 0.4) is 0 Å². The molecule has 0 aromatic heterocycles. The fraction of sp³-hybridized carbons (Fsp3) is 0.826. The van der Waals surface area contributed by atoms with Gasteiger partial charge in [0.2, 0.25) is 0 Å². The lowest BCUT2D eigenvalue weighted by Gasteiger charge is -2.64. The molecule has 4 heteroatoms. The number of ketones is 1. The van der Waals surface area contributed by atoms with Gasteiger partial charge in [0, 0.05) is 31.5 Å². The normalized spacial score (nSPS) is 53.0. The third-order valence-corrected chi connectivity index (χ3v) is 9.52. The number of fused-ring (bicyclic) bond motifs is 2. The summed E-state index contributed by atoms with van der Waals surface area (Å²) in [6.07, 6.45) is 9.25. The molecule has 1 radical (unpaired) electrons. The third-order valence-electron chi connectivity index (χ3n) is 9.52. The summed E-state index contributed by atoms with van der Waals surface area (Å²) in [5.41, 5.74) is 1.58. The van der Waals surface area contributed by atoms with Gasteiger partial charge in [0.15, 0.2) is 0 Å². The Morgan fingerprint density at radius 1 is 1.26 bits per heavy atom. The van der Waals surface area contributed by atoms with Crippen LogP contribution >= 0.6 is 0 Å². The molecular formula is C23H32NO3. The van der Waals surface area contributed by atoms with Crippen molar-refractivity contribution in [2.24, 2.45) is 28.1 Å². The number of hydrogen-bond donors (Lipinski definition) is 0. The lowest BCUT2D eigenvalue weighted by atomic mass is 9.44. The minimum Gasteiger partial charge on any atom is -0.359 e. The molecule has 7 bridgehead atoms. The van der Waals surface area contributed by atoms with E-state index >= 15 is 0 Å². The van der Waals surface area contributed by atoms with Gasteiger partial charge < -0.3 is 9.47 Å². The molecule has 2 unspecified atom stereocenters. The van der Waals surface area contributed by atoms with Crippen LogP contribution in [0, 0.1) is 34.0 Å². The smallest absolute Gasteiger partial charge is 0.146 e. The van der Waals surface area contributed by atoms with Crippen molar-refractivity contribution in [2.75, 3.05) is 27.0 Å². The lowest BCUT2D eigenvalue weighted by Crippen LogP contribution is -2.66. The van der Waals surface area contributed by atoms with Crippen LogP contribution in [0.5, 0.6) is 0 Å². The Morgan fingerprint density at radius 2 is 2.11 bits per heavy atom. The molecule has 6 aliphatic carbocycles. The van der Waals surface area contributed by atoms with Crippen molar-refractivity contribution >= 4 is 5.78 Å². The van der Waals surface area contributed by atoms with Gasteiger partial charge in [0.25, 0.3) is 0 Å². The van der Waals surface area contributed by atoms with Crippen molar-refractivity contribution in [1.82, 2.24) is 4.90 Å². The molecule has 7 rings (SSSR count). The predicted molar refractivity (Wildman–Crippen MR) is 102 cm³/mol. The van der Waals surface area contributed by atoms with Crippen LogP contribution in [0.4, 0.5) is 0 Å². The summed E-state index contributed by atoms with van der Waals surface area (Å²) >= 11 is 0. The number of carbonyl (C=O) groups excluding carboxylic acids is 1. The van der Waals surface area contributed by atoms with Gasteiger partial charge >= 0.3 is 0 Å². The number of rotatable bonds is 4. The maximum absolute atomic E-state index is 13.5. The Hall–Kier alpha value is -0.710. The van der Waals surface area contributed by atoms with Crippen LogP contribution in [0.15, 0.2) is 11.6 Å². The minimum absolute atomic E-state index is 0.0286. The summed E-state index contributed by atoms with van der Waals surface area (Å²) in [6, 6.07) is 0.458. The number of ether oxygens (including phenoxy) is 2. The molecule has 5 fully saturated rings. The van der Waals surface area contributed by atoms with E-state index in [1.807, 2.05) is 0 Å². The van der Waals surface area contributed by atoms with Crippen LogP contribution in [0.1, 0.15) is 52.4 Å². The second kappa shape index (κ2) is 5.25. The van der Waals surface area contributed by atoms with Gasteiger partial charge in [0.1, 0.15) is 12.6 Å². The summed E-state index contributed by atoms with van der Waals surface area (Å²) in [5, 5.41) is 0. The lowest BCUT2D eigenvalue weighted by molar-refractivity contribution is -0.158. The van der Waals surface area contributed by atoms with Crippen molar-refractivity contribution in [3.8, 4) is 0 Å². The van der Waals surface area contributed by atoms with Gasteiger partial charge in [-0.2, -0.15) is 0 Å². The molecule has 0 aromatic carbocycles. The van der Waals surface area contributed by atoms with Gasteiger partial charge in [-0.15, -0.1) is 0 Å². The zero-order valence-electron chi connectivity index (χ0n) is 16.9. The number of likely N-dealkylation sites (tertiary alicyclic amines) is 1. The monoisotopic (exact) mass is 370 g/mol. The van der Waals surface area contributed by atoms with Crippen molar-refractivity contribution in [2.45, 2.75) is 64.5 Å². The highest BCUT2D eigenvalue weighted by atomic mass is 16.7. The average Bonchev–Trinajstić information content (AvgIpc) is 3.10. The standard InChI is InChI=1S/C23H32NO3/c1-4-24-12-21(2)7-6-19(27-13-26-3)23-16(21)11-15(20(23)24)22-8-5-14(9-17(22)23)10-18(22)25/h9,14-15,19-20H,4-8,10-13H2,1-3H3/t14-,15?,19-,20+,21-,22-,23?/m0/s1. The van der Waals surface area contributed by atoms with Gasteiger partial charge in [0.05, 0.1) is 11.5 Å². The molecule has 0 aromatic rings. The highest BCUT2D eigenvalue weighted by Crippen LogP contribution is 2.82. The number of nitrogens with zero attached hydrogens (tertiary/aromatic N) is 1. The SMILES string of the molecule is CCN1C[C@]2(C)CC[C@H](OCOC)C34[C]2CC([C@@H]13)[C@@]12CC[C@@H](C=C41)CC2=O. The Labute approximate surface area is 162 Å². The highest BCUT2D eigenvalue weighted by Gasteiger charge is 2.82. The first-order valence-corrected chi connectivity index (χ1v) is 11.0. The van der Waals surface area contributed by atoms with E-state index in [0.717, 1.165) is 32.2 Å². The van der Waals surface area contributed by atoms with Crippen molar-refractivity contribution in [1.29, 1.82) is 0 Å². The van der Waals surface area contributed by atoms with Crippen LogP contribution in [0.25, 0.3) is 0 Å². The number of hydrogen-bond acceptors (Lipinski definition) is 4. The van der Waals surface area contributed by atoms with Crippen LogP contribution in [-0.2, 0) is 14.3 Å². The molecule has 7 aliphatic rings. The van der Waals surface area contributed by atoms with Crippen molar-refractivity contribution < 1.29 is 14.3 Å². The van der Waals surface area contributed by atoms with Crippen LogP contribution in [0.2, 0.25) is 0 Å². The first-order chi connectivity index (χ1) is 13.0. The third kappa shape index (κ3) is 1.68. The molecule has 7 atom stereocenters. The van der Waals surface area contributed by atoms with E-state index in [-0.39, 0.29) is 22.3 Å². The highest BCUT2D eigenvalue weighted by molar-refractivity contribution is 5.93. The van der Waals surface area contributed by atoms with E-state index < -0.39 is 0 Å². The molecule has 1 aliphatic heterocycles. The van der Waals surface area contributed by atoms with E-state index in [9.17, 15) is 4.79 Å². The average molecular weight is 371 g/mol. The largest absolute Gasteiger partial charge is 0.359 e. The zero-order chi connectivity index (χ0) is 18.6. The molecule has 27 heavy (non-hydrogen) atoms. The van der Waals surface area contributed by atoms with E-state index in [2.05, 4.69) is 24.8 Å². The Balaban J connectivity index is 1.59. The predicted octanol–water partition coefficient (Wildman–Crippen LogP) is 3.37. The van der Waals surface area contributed by atoms with Gasteiger partial charge in [-0.1, -0.05) is 19.9 Å². The van der Waals surface area contributed by atoms with Crippen LogP contribution < -0.4 is 0 Å². The summed E-state index contributed by atoms with van der Waals surface area (Å²) < 4.78 is 11.8. The van der Waals surface area contributed by atoms with Gasteiger partial charge in [-0.05, 0) is 67.4 Å².